The van der Waals surface area contributed by atoms with E-state index in [4.69, 9.17) is 0 Å². The van der Waals surface area contributed by atoms with Crippen molar-refractivity contribution in [2.45, 2.75) is 37.6 Å². The molecule has 2 aromatic rings. The molecule has 4 rings (SSSR count). The second-order valence-corrected chi connectivity index (χ2v) is 7.12. The molecule has 1 N–H and O–H groups in total. The van der Waals surface area contributed by atoms with E-state index in [1.165, 1.54) is 50.0 Å². The van der Waals surface area contributed by atoms with Gasteiger partial charge in [0, 0.05) is 18.8 Å². The topological polar surface area (TPSA) is 15.3 Å². The number of nitrogens with one attached hydrogen (secondary N) is 1. The fourth-order valence-corrected chi connectivity index (χ4v) is 4.38. The molecule has 1 fully saturated rings. The standard InChI is InChI=1S/C21H26N2/c1-2-7-18(8-3-1)17-23-15-12-21(13-16-23)11-6-14-22-20-10-5-4-9-19(20)21/h1-5,7-10,22H,6,11-17H2. The highest BCUT2D eigenvalue weighted by molar-refractivity contribution is 5.55. The molecule has 2 heteroatoms. The number of para-hydroxylation sites is 1. The third-order valence-electron chi connectivity index (χ3n) is 5.71. The number of rotatable bonds is 2. The molecular formula is C21H26N2. The smallest absolute Gasteiger partial charge is 0.0378 e. The lowest BCUT2D eigenvalue weighted by Crippen LogP contribution is -2.42. The van der Waals surface area contributed by atoms with E-state index in [2.05, 4.69) is 64.8 Å². The van der Waals surface area contributed by atoms with Gasteiger partial charge in [0.25, 0.3) is 0 Å². The maximum Gasteiger partial charge on any atom is 0.0378 e. The number of fused-ring (bicyclic) bond motifs is 2. The summed E-state index contributed by atoms with van der Waals surface area (Å²) in [7, 11) is 0. The second kappa shape index (κ2) is 6.37. The number of likely N-dealkylation sites (tertiary alicyclic amines) is 1. The lowest BCUT2D eigenvalue weighted by atomic mass is 9.69. The number of nitrogens with zero attached hydrogens (tertiary/aromatic N) is 1. The van der Waals surface area contributed by atoms with Crippen LogP contribution in [0.3, 0.4) is 0 Å². The average molecular weight is 306 g/mol. The average Bonchev–Trinajstić information content (AvgIpc) is 2.79. The van der Waals surface area contributed by atoms with E-state index in [1.807, 2.05) is 0 Å². The van der Waals surface area contributed by atoms with Crippen LogP contribution in [0.1, 0.15) is 36.8 Å². The summed E-state index contributed by atoms with van der Waals surface area (Å²) >= 11 is 0. The van der Waals surface area contributed by atoms with Crippen LogP contribution in [0.4, 0.5) is 5.69 Å². The lowest BCUT2D eigenvalue weighted by Gasteiger charge is -2.42. The predicted molar refractivity (Wildman–Crippen MR) is 96.8 cm³/mol. The Balaban J connectivity index is 1.50. The van der Waals surface area contributed by atoms with E-state index in [0.717, 1.165) is 13.1 Å². The molecule has 2 heterocycles. The van der Waals surface area contributed by atoms with E-state index >= 15 is 0 Å². The van der Waals surface area contributed by atoms with Gasteiger partial charge in [0.15, 0.2) is 0 Å². The van der Waals surface area contributed by atoms with Crippen LogP contribution in [-0.4, -0.2) is 24.5 Å². The number of benzene rings is 2. The largest absolute Gasteiger partial charge is 0.385 e. The summed E-state index contributed by atoms with van der Waals surface area (Å²) in [5.41, 5.74) is 4.78. The van der Waals surface area contributed by atoms with E-state index < -0.39 is 0 Å². The summed E-state index contributed by atoms with van der Waals surface area (Å²) < 4.78 is 0. The Bertz CT molecular complexity index is 642. The van der Waals surface area contributed by atoms with Gasteiger partial charge in [0.05, 0.1) is 0 Å². The van der Waals surface area contributed by atoms with Crippen LogP contribution in [-0.2, 0) is 12.0 Å². The van der Waals surface area contributed by atoms with Crippen LogP contribution in [0.15, 0.2) is 54.6 Å². The zero-order chi connectivity index (χ0) is 15.5. The predicted octanol–water partition coefficient (Wildman–Crippen LogP) is 4.43. The molecule has 0 bridgehead atoms. The van der Waals surface area contributed by atoms with E-state index in [9.17, 15) is 0 Å². The van der Waals surface area contributed by atoms with Crippen LogP contribution < -0.4 is 5.32 Å². The van der Waals surface area contributed by atoms with Crippen LogP contribution in [0.25, 0.3) is 0 Å². The minimum absolute atomic E-state index is 0.396. The SMILES string of the molecule is c1ccc(CN2CCC3(CCCNc4ccccc43)CC2)cc1. The fourth-order valence-electron chi connectivity index (χ4n) is 4.38. The maximum atomic E-state index is 3.63. The number of piperidine rings is 1. The highest BCUT2D eigenvalue weighted by Gasteiger charge is 2.38. The normalized spacial score (nSPS) is 20.5. The van der Waals surface area contributed by atoms with Gasteiger partial charge < -0.3 is 5.32 Å². The minimum atomic E-state index is 0.396. The lowest BCUT2D eigenvalue weighted by molar-refractivity contribution is 0.146. The zero-order valence-corrected chi connectivity index (χ0v) is 13.8. The van der Waals surface area contributed by atoms with Gasteiger partial charge in [-0.1, -0.05) is 48.5 Å². The number of hydrogen-bond donors (Lipinski definition) is 1. The molecule has 2 aliphatic heterocycles. The van der Waals surface area contributed by atoms with Crippen molar-refractivity contribution in [1.82, 2.24) is 4.90 Å². The summed E-state index contributed by atoms with van der Waals surface area (Å²) in [6.45, 7) is 4.63. The molecule has 0 atom stereocenters. The van der Waals surface area contributed by atoms with Crippen LogP contribution in [0.2, 0.25) is 0 Å². The molecule has 0 aromatic heterocycles. The first-order valence-electron chi connectivity index (χ1n) is 8.95. The van der Waals surface area contributed by atoms with Crippen molar-refractivity contribution < 1.29 is 0 Å². The zero-order valence-electron chi connectivity index (χ0n) is 13.8. The third-order valence-corrected chi connectivity index (χ3v) is 5.71. The number of anilines is 1. The quantitative estimate of drug-likeness (QED) is 0.883. The molecule has 0 unspecified atom stereocenters. The van der Waals surface area contributed by atoms with Gasteiger partial charge in [-0.2, -0.15) is 0 Å². The monoisotopic (exact) mass is 306 g/mol. The summed E-state index contributed by atoms with van der Waals surface area (Å²) in [5, 5.41) is 3.63. The molecule has 2 nitrogen and oxygen atoms in total. The van der Waals surface area contributed by atoms with Gasteiger partial charge in [-0.25, -0.2) is 0 Å². The molecule has 2 aromatic carbocycles. The first kappa shape index (κ1) is 14.8. The maximum absolute atomic E-state index is 3.63. The Hall–Kier alpha value is -1.80. The first-order chi connectivity index (χ1) is 11.4. The Morgan fingerprint density at radius 1 is 0.870 bits per heavy atom. The highest BCUT2D eigenvalue weighted by Crippen LogP contribution is 2.44. The van der Waals surface area contributed by atoms with Crippen molar-refractivity contribution in [3.8, 4) is 0 Å². The Morgan fingerprint density at radius 2 is 1.61 bits per heavy atom. The van der Waals surface area contributed by atoms with Gasteiger partial charge in [0.2, 0.25) is 0 Å². The van der Waals surface area contributed by atoms with Crippen molar-refractivity contribution in [2.24, 2.45) is 0 Å². The summed E-state index contributed by atoms with van der Waals surface area (Å²) in [6, 6.07) is 19.9. The molecule has 2 aliphatic rings. The Kier molecular flexibility index (Phi) is 4.09. The molecule has 120 valence electrons. The molecule has 0 saturated carbocycles. The summed E-state index contributed by atoms with van der Waals surface area (Å²) in [5.74, 6) is 0. The van der Waals surface area contributed by atoms with Crippen molar-refractivity contribution in [3.63, 3.8) is 0 Å². The fraction of sp³-hybridized carbons (Fsp3) is 0.429. The molecular weight excluding hydrogens is 280 g/mol. The summed E-state index contributed by atoms with van der Waals surface area (Å²) in [4.78, 5) is 2.63. The Labute approximate surface area is 139 Å². The second-order valence-electron chi connectivity index (χ2n) is 7.12. The van der Waals surface area contributed by atoms with Crippen LogP contribution in [0, 0.1) is 0 Å². The highest BCUT2D eigenvalue weighted by atomic mass is 15.1. The molecule has 0 amide bonds. The first-order valence-corrected chi connectivity index (χ1v) is 8.95. The van der Waals surface area contributed by atoms with Gasteiger partial charge in [-0.15, -0.1) is 0 Å². The molecule has 0 aliphatic carbocycles. The van der Waals surface area contributed by atoms with Crippen molar-refractivity contribution >= 4 is 5.69 Å². The van der Waals surface area contributed by atoms with Gasteiger partial charge in [-0.3, -0.25) is 4.90 Å². The van der Waals surface area contributed by atoms with Crippen LogP contribution >= 0.6 is 0 Å². The minimum Gasteiger partial charge on any atom is -0.385 e. The molecule has 0 radical (unpaired) electrons. The third kappa shape index (κ3) is 3.00. The van der Waals surface area contributed by atoms with E-state index in [-0.39, 0.29) is 0 Å². The molecule has 1 spiro atoms. The molecule has 1 saturated heterocycles. The summed E-state index contributed by atoms with van der Waals surface area (Å²) in [6.07, 6.45) is 5.20. The van der Waals surface area contributed by atoms with E-state index in [1.54, 1.807) is 5.56 Å². The molecule has 23 heavy (non-hydrogen) atoms. The van der Waals surface area contributed by atoms with Crippen molar-refractivity contribution in [3.05, 3.63) is 65.7 Å². The van der Waals surface area contributed by atoms with Gasteiger partial charge in [-0.05, 0) is 61.4 Å². The Morgan fingerprint density at radius 3 is 2.43 bits per heavy atom. The van der Waals surface area contributed by atoms with Gasteiger partial charge >= 0.3 is 0 Å². The van der Waals surface area contributed by atoms with Gasteiger partial charge in [0.1, 0.15) is 0 Å². The van der Waals surface area contributed by atoms with Crippen LogP contribution in [0.5, 0.6) is 0 Å². The van der Waals surface area contributed by atoms with Crippen molar-refractivity contribution in [1.29, 1.82) is 0 Å². The van der Waals surface area contributed by atoms with E-state index in [0.29, 0.717) is 5.41 Å². The van der Waals surface area contributed by atoms with Crippen molar-refractivity contribution in [2.75, 3.05) is 25.0 Å². The number of hydrogen-bond acceptors (Lipinski definition) is 2.